The van der Waals surface area contributed by atoms with E-state index in [1.165, 1.54) is 0 Å². The lowest BCUT2D eigenvalue weighted by molar-refractivity contribution is 0.947. The van der Waals surface area contributed by atoms with Crippen LogP contribution in [0.4, 0.5) is 5.82 Å². The van der Waals surface area contributed by atoms with Gasteiger partial charge in [-0.15, -0.1) is 0 Å². The molecule has 1 aromatic carbocycles. The van der Waals surface area contributed by atoms with E-state index < -0.39 is 0 Å². The fourth-order valence-corrected chi connectivity index (χ4v) is 2.08. The maximum atomic E-state index is 4.37. The van der Waals surface area contributed by atoms with Crippen molar-refractivity contribution < 1.29 is 0 Å². The van der Waals surface area contributed by atoms with Crippen LogP contribution >= 0.6 is 0 Å². The van der Waals surface area contributed by atoms with Crippen LogP contribution in [0.3, 0.4) is 0 Å². The van der Waals surface area contributed by atoms with Gasteiger partial charge in [-0.2, -0.15) is 5.10 Å². The Balaban J connectivity index is 1.92. The molecule has 21 heavy (non-hydrogen) atoms. The topological polar surface area (TPSA) is 55.6 Å². The molecule has 0 unspecified atom stereocenters. The zero-order chi connectivity index (χ0) is 14.5. The van der Waals surface area contributed by atoms with Gasteiger partial charge in [-0.25, -0.2) is 14.6 Å². The van der Waals surface area contributed by atoms with Crippen molar-refractivity contribution >= 4 is 29.1 Å². The molecule has 5 nitrogen and oxygen atoms in total. The Morgan fingerprint density at radius 2 is 2.05 bits per heavy atom. The molecule has 2 heterocycles. The first-order valence-corrected chi connectivity index (χ1v) is 7.04. The third-order valence-corrected chi connectivity index (χ3v) is 3.14. The number of hydrogen-bond donors (Lipinski definition) is 1. The maximum absolute atomic E-state index is 4.37. The van der Waals surface area contributed by atoms with E-state index in [4.69, 9.17) is 0 Å². The maximum Gasteiger partial charge on any atom is 0.167 e. The van der Waals surface area contributed by atoms with Gasteiger partial charge in [-0.05, 0) is 18.1 Å². The highest BCUT2D eigenvalue weighted by Crippen LogP contribution is 2.19. The first-order chi connectivity index (χ1) is 10.4. The minimum Gasteiger partial charge on any atom is -0.369 e. The minimum absolute atomic E-state index is 0.802. The molecule has 0 bridgehead atoms. The van der Waals surface area contributed by atoms with Gasteiger partial charge >= 0.3 is 0 Å². The smallest absolute Gasteiger partial charge is 0.167 e. The Morgan fingerprint density at radius 1 is 1.19 bits per heavy atom. The van der Waals surface area contributed by atoms with Crippen LogP contribution in [0.1, 0.15) is 18.9 Å². The quantitative estimate of drug-likeness (QED) is 0.778. The monoisotopic (exact) mass is 279 g/mol. The molecule has 0 aliphatic rings. The molecule has 0 spiro atoms. The second-order valence-electron chi connectivity index (χ2n) is 4.70. The molecule has 0 saturated heterocycles. The Morgan fingerprint density at radius 3 is 2.86 bits per heavy atom. The van der Waals surface area contributed by atoms with Crippen molar-refractivity contribution in [3.8, 4) is 0 Å². The van der Waals surface area contributed by atoms with Crippen molar-refractivity contribution in [1.82, 2.24) is 19.7 Å². The fraction of sp³-hybridized carbons (Fsp3) is 0.188. The van der Waals surface area contributed by atoms with Gasteiger partial charge in [0.25, 0.3) is 0 Å². The molecule has 3 aromatic rings. The summed E-state index contributed by atoms with van der Waals surface area (Å²) in [4.78, 5) is 8.60. The lowest BCUT2D eigenvalue weighted by Crippen LogP contribution is -2.02. The summed E-state index contributed by atoms with van der Waals surface area (Å²) in [6, 6.07) is 10.1. The average molecular weight is 279 g/mol. The van der Waals surface area contributed by atoms with E-state index in [0.717, 1.165) is 35.4 Å². The molecule has 1 N–H and O–H groups in total. The van der Waals surface area contributed by atoms with Crippen LogP contribution in [-0.4, -0.2) is 26.3 Å². The van der Waals surface area contributed by atoms with Gasteiger partial charge in [0.05, 0.1) is 11.6 Å². The van der Waals surface area contributed by atoms with Crippen LogP contribution in [0.15, 0.2) is 42.9 Å². The van der Waals surface area contributed by atoms with Crippen LogP contribution < -0.4 is 5.32 Å². The lowest BCUT2D eigenvalue weighted by atomic mass is 10.2. The molecular formula is C16H17N5. The fourth-order valence-electron chi connectivity index (χ4n) is 2.08. The minimum atomic E-state index is 0.802. The molecule has 5 heteroatoms. The van der Waals surface area contributed by atoms with Gasteiger partial charge in [0.1, 0.15) is 12.1 Å². The number of anilines is 1. The van der Waals surface area contributed by atoms with Gasteiger partial charge in [0.2, 0.25) is 0 Å². The second kappa shape index (κ2) is 6.17. The van der Waals surface area contributed by atoms with E-state index in [1.807, 2.05) is 42.6 Å². The van der Waals surface area contributed by atoms with E-state index in [0.29, 0.717) is 0 Å². The highest BCUT2D eigenvalue weighted by molar-refractivity contribution is 5.87. The SMILES string of the molecule is CCCNc1ncnc2c1cnn2/C=C\c1ccccc1. The van der Waals surface area contributed by atoms with Crippen molar-refractivity contribution in [2.45, 2.75) is 13.3 Å². The standard InChI is InChI=1S/C16H17N5/c1-2-9-17-15-14-11-20-21(16(14)19-12-18-15)10-8-13-6-4-3-5-7-13/h3-8,10-12H,2,9H2,1H3,(H,17,18,19)/b10-8-. The number of fused-ring (bicyclic) bond motifs is 1. The number of nitrogens with one attached hydrogen (secondary N) is 1. The molecule has 0 atom stereocenters. The van der Waals surface area contributed by atoms with Crippen LogP contribution in [0, 0.1) is 0 Å². The predicted molar refractivity (Wildman–Crippen MR) is 85.8 cm³/mol. The molecule has 0 radical (unpaired) electrons. The molecule has 0 amide bonds. The van der Waals surface area contributed by atoms with Crippen LogP contribution in [-0.2, 0) is 0 Å². The summed E-state index contributed by atoms with van der Waals surface area (Å²) >= 11 is 0. The van der Waals surface area contributed by atoms with Crippen molar-refractivity contribution in [2.75, 3.05) is 11.9 Å². The Kier molecular flexibility index (Phi) is 3.91. The summed E-state index contributed by atoms with van der Waals surface area (Å²) in [5.41, 5.74) is 1.93. The molecule has 2 aromatic heterocycles. The average Bonchev–Trinajstić information content (AvgIpc) is 2.96. The Bertz CT molecular complexity index is 746. The lowest BCUT2D eigenvalue weighted by Gasteiger charge is -2.03. The highest BCUT2D eigenvalue weighted by atomic mass is 15.3. The summed E-state index contributed by atoms with van der Waals surface area (Å²) in [5, 5.41) is 8.60. The molecular weight excluding hydrogens is 262 g/mol. The van der Waals surface area contributed by atoms with E-state index in [2.05, 4.69) is 27.3 Å². The zero-order valence-electron chi connectivity index (χ0n) is 11.9. The molecule has 0 aliphatic heterocycles. The number of nitrogens with zero attached hydrogens (tertiary/aromatic N) is 4. The van der Waals surface area contributed by atoms with E-state index >= 15 is 0 Å². The van der Waals surface area contributed by atoms with Crippen LogP contribution in [0.2, 0.25) is 0 Å². The molecule has 0 fully saturated rings. The van der Waals surface area contributed by atoms with Gasteiger partial charge in [-0.1, -0.05) is 37.3 Å². The predicted octanol–water partition coefficient (Wildman–Crippen LogP) is 3.28. The molecule has 3 rings (SSSR count). The van der Waals surface area contributed by atoms with Crippen LogP contribution in [0.25, 0.3) is 23.3 Å². The Hall–Kier alpha value is -2.69. The zero-order valence-corrected chi connectivity index (χ0v) is 11.9. The van der Waals surface area contributed by atoms with Crippen molar-refractivity contribution in [1.29, 1.82) is 0 Å². The number of hydrogen-bond acceptors (Lipinski definition) is 4. The van der Waals surface area contributed by atoms with Crippen molar-refractivity contribution in [2.24, 2.45) is 0 Å². The number of aromatic nitrogens is 4. The molecule has 0 saturated carbocycles. The number of rotatable bonds is 5. The Labute approximate surface area is 123 Å². The third-order valence-electron chi connectivity index (χ3n) is 3.14. The van der Waals surface area contributed by atoms with E-state index in [9.17, 15) is 0 Å². The number of benzene rings is 1. The highest BCUT2D eigenvalue weighted by Gasteiger charge is 2.07. The second-order valence-corrected chi connectivity index (χ2v) is 4.70. The molecule has 106 valence electrons. The van der Waals surface area contributed by atoms with Crippen molar-refractivity contribution in [3.05, 3.63) is 48.4 Å². The summed E-state index contributed by atoms with van der Waals surface area (Å²) < 4.78 is 1.77. The van der Waals surface area contributed by atoms with E-state index in [1.54, 1.807) is 17.2 Å². The third kappa shape index (κ3) is 2.91. The van der Waals surface area contributed by atoms with E-state index in [-0.39, 0.29) is 0 Å². The van der Waals surface area contributed by atoms with Crippen molar-refractivity contribution in [3.63, 3.8) is 0 Å². The summed E-state index contributed by atoms with van der Waals surface area (Å²) in [5.74, 6) is 0.834. The summed E-state index contributed by atoms with van der Waals surface area (Å²) in [6.07, 6.45) is 8.33. The van der Waals surface area contributed by atoms with Crippen LogP contribution in [0.5, 0.6) is 0 Å². The first kappa shape index (κ1) is 13.3. The first-order valence-electron chi connectivity index (χ1n) is 7.04. The van der Waals surface area contributed by atoms with Gasteiger partial charge < -0.3 is 5.32 Å². The summed E-state index contributed by atoms with van der Waals surface area (Å²) in [6.45, 7) is 3.01. The molecule has 0 aliphatic carbocycles. The largest absolute Gasteiger partial charge is 0.369 e. The normalized spacial score (nSPS) is 11.3. The van der Waals surface area contributed by atoms with Gasteiger partial charge in [0, 0.05) is 12.7 Å². The van der Waals surface area contributed by atoms with Gasteiger partial charge in [0.15, 0.2) is 5.65 Å². The summed E-state index contributed by atoms with van der Waals surface area (Å²) in [7, 11) is 0. The van der Waals surface area contributed by atoms with Gasteiger partial charge in [-0.3, -0.25) is 0 Å².